The number of benzene rings is 1. The number of hydrogen-bond acceptors (Lipinski definition) is 2. The van der Waals surface area contributed by atoms with Gasteiger partial charge >= 0.3 is 5.97 Å². The van der Waals surface area contributed by atoms with Crippen LogP contribution in [-0.2, 0) is 9.59 Å². The van der Waals surface area contributed by atoms with Crippen molar-refractivity contribution < 1.29 is 14.7 Å². The average molecular weight is 299 g/mol. The number of carboxylic acids is 1. The summed E-state index contributed by atoms with van der Waals surface area (Å²) in [5.74, 6) is -1.75. The Kier molecular flexibility index (Phi) is 3.77. The molecule has 2 N–H and O–H groups in total. The Morgan fingerprint density at radius 3 is 2.41 bits per heavy atom. The van der Waals surface area contributed by atoms with Gasteiger partial charge in [-0.3, -0.25) is 9.59 Å². The highest BCUT2D eigenvalue weighted by atomic mass is 16.4. The van der Waals surface area contributed by atoms with E-state index in [-0.39, 0.29) is 17.7 Å². The van der Waals surface area contributed by atoms with Crippen LogP contribution < -0.4 is 5.32 Å². The Balaban J connectivity index is 1.83. The summed E-state index contributed by atoms with van der Waals surface area (Å²) in [4.78, 5) is 24.2. The second-order valence-electron chi connectivity index (χ2n) is 6.57. The molecule has 0 aromatic heterocycles. The van der Waals surface area contributed by atoms with Gasteiger partial charge in [0, 0.05) is 5.69 Å². The lowest BCUT2D eigenvalue weighted by Gasteiger charge is -2.24. The largest absolute Gasteiger partial charge is 0.481 e. The Bertz CT molecular complexity index is 635. The van der Waals surface area contributed by atoms with Crippen molar-refractivity contribution in [3.8, 4) is 0 Å². The molecule has 22 heavy (non-hydrogen) atoms. The Morgan fingerprint density at radius 1 is 1.14 bits per heavy atom. The van der Waals surface area contributed by atoms with E-state index in [1.807, 2.05) is 36.4 Å². The van der Waals surface area contributed by atoms with Crippen LogP contribution >= 0.6 is 0 Å². The SMILES string of the molecule is CC(C)c1ccccc1NC(=O)[C@@H]1[C@@H](C(=O)O)[C@H]2C=C[C@@H]1C2. The van der Waals surface area contributed by atoms with Crippen molar-refractivity contribution in [3.63, 3.8) is 0 Å². The minimum Gasteiger partial charge on any atom is -0.481 e. The van der Waals surface area contributed by atoms with Gasteiger partial charge in [-0.25, -0.2) is 0 Å². The summed E-state index contributed by atoms with van der Waals surface area (Å²) in [6, 6.07) is 7.71. The van der Waals surface area contributed by atoms with Gasteiger partial charge in [0.25, 0.3) is 0 Å². The maximum Gasteiger partial charge on any atom is 0.307 e. The molecule has 1 aromatic rings. The molecule has 0 saturated heterocycles. The fourth-order valence-electron chi connectivity index (χ4n) is 3.85. The molecule has 4 heteroatoms. The number of anilines is 1. The second kappa shape index (κ2) is 5.59. The van der Waals surface area contributed by atoms with Crippen LogP contribution in [0.5, 0.6) is 0 Å². The smallest absolute Gasteiger partial charge is 0.307 e. The fraction of sp³-hybridized carbons (Fsp3) is 0.444. The monoisotopic (exact) mass is 299 g/mol. The number of carbonyl (C=O) groups excluding carboxylic acids is 1. The van der Waals surface area contributed by atoms with Crippen molar-refractivity contribution in [1.82, 2.24) is 0 Å². The van der Waals surface area contributed by atoms with E-state index in [9.17, 15) is 14.7 Å². The van der Waals surface area contributed by atoms with E-state index in [1.54, 1.807) is 0 Å². The highest BCUT2D eigenvalue weighted by Gasteiger charge is 2.51. The zero-order valence-electron chi connectivity index (χ0n) is 12.8. The number of amides is 1. The third kappa shape index (κ3) is 2.43. The minimum atomic E-state index is -0.867. The van der Waals surface area contributed by atoms with Crippen LogP contribution in [0.15, 0.2) is 36.4 Å². The fourth-order valence-corrected chi connectivity index (χ4v) is 3.85. The van der Waals surface area contributed by atoms with Gasteiger partial charge in [0.05, 0.1) is 11.8 Å². The third-order valence-electron chi connectivity index (χ3n) is 4.89. The standard InChI is InChI=1S/C18H21NO3/c1-10(2)13-5-3-4-6-14(13)19-17(20)15-11-7-8-12(9-11)16(15)18(21)22/h3-8,10-12,15-16H,9H2,1-2H3,(H,19,20)(H,21,22)/t11-,12+,15+,16+/m1/s1. The van der Waals surface area contributed by atoms with E-state index < -0.39 is 17.8 Å². The van der Waals surface area contributed by atoms with Crippen molar-refractivity contribution in [2.75, 3.05) is 5.32 Å². The first kappa shape index (κ1) is 14.8. The van der Waals surface area contributed by atoms with E-state index in [0.29, 0.717) is 5.92 Å². The van der Waals surface area contributed by atoms with Crippen LogP contribution in [0, 0.1) is 23.7 Å². The van der Waals surface area contributed by atoms with Crippen molar-refractivity contribution in [2.45, 2.75) is 26.2 Å². The number of aliphatic carboxylic acids is 1. The number of allylic oxidation sites excluding steroid dienone is 2. The number of carboxylic acid groups (broad SMARTS) is 1. The van der Waals surface area contributed by atoms with E-state index in [4.69, 9.17) is 0 Å². The first-order chi connectivity index (χ1) is 10.5. The predicted octanol–water partition coefficient (Wildman–Crippen LogP) is 3.27. The van der Waals surface area contributed by atoms with Gasteiger partial charge in [0.15, 0.2) is 0 Å². The van der Waals surface area contributed by atoms with Crippen molar-refractivity contribution >= 4 is 17.6 Å². The molecule has 0 radical (unpaired) electrons. The normalized spacial score (nSPS) is 29.0. The molecule has 4 nitrogen and oxygen atoms in total. The van der Waals surface area contributed by atoms with Crippen LogP contribution in [0.1, 0.15) is 31.7 Å². The molecule has 0 spiro atoms. The lowest BCUT2D eigenvalue weighted by atomic mass is 9.82. The van der Waals surface area contributed by atoms with Gasteiger partial charge in [-0.05, 0) is 35.8 Å². The molecule has 1 fully saturated rings. The zero-order chi connectivity index (χ0) is 15.9. The summed E-state index contributed by atoms with van der Waals surface area (Å²) in [6.07, 6.45) is 4.74. The van der Waals surface area contributed by atoms with Crippen LogP contribution in [0.3, 0.4) is 0 Å². The van der Waals surface area contributed by atoms with Crippen LogP contribution in [0.2, 0.25) is 0 Å². The first-order valence-electron chi connectivity index (χ1n) is 7.80. The molecule has 0 heterocycles. The number of fused-ring (bicyclic) bond motifs is 2. The molecule has 3 rings (SSSR count). The lowest BCUT2D eigenvalue weighted by molar-refractivity contribution is -0.146. The van der Waals surface area contributed by atoms with E-state index in [0.717, 1.165) is 17.7 Å². The molecule has 2 aliphatic rings. The molecule has 4 atom stereocenters. The summed E-state index contributed by atoms with van der Waals surface area (Å²) in [5.41, 5.74) is 1.86. The van der Waals surface area contributed by atoms with Crippen molar-refractivity contribution in [2.24, 2.45) is 23.7 Å². The maximum absolute atomic E-state index is 12.7. The van der Waals surface area contributed by atoms with Crippen molar-refractivity contribution in [3.05, 3.63) is 42.0 Å². The number of para-hydroxylation sites is 1. The molecular weight excluding hydrogens is 278 g/mol. The summed E-state index contributed by atoms with van der Waals surface area (Å²) in [5, 5.41) is 12.4. The van der Waals surface area contributed by atoms with Gasteiger partial charge in [-0.15, -0.1) is 0 Å². The Morgan fingerprint density at radius 2 is 1.77 bits per heavy atom. The van der Waals surface area contributed by atoms with Gasteiger partial charge in [-0.1, -0.05) is 44.2 Å². The number of carbonyl (C=O) groups is 2. The van der Waals surface area contributed by atoms with Crippen LogP contribution in [-0.4, -0.2) is 17.0 Å². The minimum absolute atomic E-state index is 0.00130. The molecule has 116 valence electrons. The average Bonchev–Trinajstić information content (AvgIpc) is 3.08. The predicted molar refractivity (Wildman–Crippen MR) is 84.5 cm³/mol. The summed E-state index contributed by atoms with van der Waals surface area (Å²) in [7, 11) is 0. The van der Waals surface area contributed by atoms with Gasteiger partial charge in [-0.2, -0.15) is 0 Å². The van der Waals surface area contributed by atoms with Crippen LogP contribution in [0.4, 0.5) is 5.69 Å². The molecule has 2 aliphatic carbocycles. The van der Waals surface area contributed by atoms with Crippen LogP contribution in [0.25, 0.3) is 0 Å². The summed E-state index contributed by atoms with van der Waals surface area (Å²) >= 11 is 0. The zero-order valence-corrected chi connectivity index (χ0v) is 12.8. The summed E-state index contributed by atoms with van der Waals surface area (Å²) < 4.78 is 0. The molecule has 1 saturated carbocycles. The first-order valence-corrected chi connectivity index (χ1v) is 7.80. The number of hydrogen-bond donors (Lipinski definition) is 2. The highest BCUT2D eigenvalue weighted by molar-refractivity contribution is 5.97. The Hall–Kier alpha value is -2.10. The molecule has 1 amide bonds. The highest BCUT2D eigenvalue weighted by Crippen LogP contribution is 2.48. The Labute approximate surface area is 130 Å². The number of rotatable bonds is 4. The van der Waals surface area contributed by atoms with Gasteiger partial charge in [0.1, 0.15) is 0 Å². The third-order valence-corrected chi connectivity index (χ3v) is 4.89. The lowest BCUT2D eigenvalue weighted by Crippen LogP contribution is -2.36. The maximum atomic E-state index is 12.7. The topological polar surface area (TPSA) is 66.4 Å². The molecule has 2 bridgehead atoms. The second-order valence-corrected chi connectivity index (χ2v) is 6.57. The molecular formula is C18H21NO3. The molecule has 1 aromatic carbocycles. The van der Waals surface area contributed by atoms with E-state index in [1.165, 1.54) is 0 Å². The van der Waals surface area contributed by atoms with Crippen molar-refractivity contribution in [1.29, 1.82) is 0 Å². The van der Waals surface area contributed by atoms with Gasteiger partial charge < -0.3 is 10.4 Å². The van der Waals surface area contributed by atoms with Gasteiger partial charge in [0.2, 0.25) is 5.91 Å². The molecule has 0 aliphatic heterocycles. The van der Waals surface area contributed by atoms with E-state index >= 15 is 0 Å². The quantitative estimate of drug-likeness (QED) is 0.839. The van der Waals surface area contributed by atoms with E-state index in [2.05, 4.69) is 19.2 Å². The number of nitrogens with one attached hydrogen (secondary N) is 1. The summed E-state index contributed by atoms with van der Waals surface area (Å²) in [6.45, 7) is 4.15. The molecule has 0 unspecified atom stereocenters.